The molecule has 0 spiro atoms. The first-order valence-electron chi connectivity index (χ1n) is 12.5. The highest BCUT2D eigenvalue weighted by molar-refractivity contribution is 9.10. The molecule has 4 rings (SSSR count). The van der Waals surface area contributed by atoms with E-state index < -0.39 is 25.3 Å². The molecule has 4 aromatic carbocycles. The van der Waals surface area contributed by atoms with Crippen LogP contribution in [0.25, 0.3) is 0 Å². The number of benzene rings is 4. The highest BCUT2D eigenvalue weighted by Crippen LogP contribution is 2.39. The van der Waals surface area contributed by atoms with E-state index in [-0.39, 0.29) is 19.6 Å². The molecule has 8 nitrogen and oxygen atoms in total. The first kappa shape index (κ1) is 31.2. The van der Waals surface area contributed by atoms with Crippen LogP contribution in [0.4, 0.5) is 11.4 Å². The van der Waals surface area contributed by atoms with E-state index >= 15 is 0 Å². The zero-order valence-corrected chi connectivity index (χ0v) is 27.4. The molecule has 0 heterocycles. The van der Waals surface area contributed by atoms with E-state index in [1.807, 2.05) is 38.1 Å². The molecule has 0 saturated heterocycles. The summed E-state index contributed by atoms with van der Waals surface area (Å²) in [5.41, 5.74) is 12.5. The Bertz CT molecular complexity index is 1670. The number of nitrogen functional groups attached to an aromatic ring is 2. The third kappa shape index (κ3) is 6.08. The van der Waals surface area contributed by atoms with Crippen molar-refractivity contribution in [2.45, 2.75) is 32.2 Å². The van der Waals surface area contributed by atoms with E-state index in [9.17, 15) is 16.8 Å². The largest absolute Gasteiger partial charge is 0.399 e. The third-order valence-electron chi connectivity index (χ3n) is 6.68. The van der Waals surface area contributed by atoms with Crippen molar-refractivity contribution in [2.75, 3.05) is 32.1 Å². The Balaban J connectivity index is 1.97. The Morgan fingerprint density at radius 1 is 0.659 bits per heavy atom. The fourth-order valence-corrected chi connectivity index (χ4v) is 8.67. The van der Waals surface area contributed by atoms with Crippen molar-refractivity contribution < 1.29 is 16.8 Å². The number of nitrogens with two attached hydrogens (primary N) is 2. The van der Waals surface area contributed by atoms with Crippen LogP contribution in [-0.2, 0) is 25.3 Å². The fourth-order valence-electron chi connectivity index (χ4n) is 4.72. The molecule has 0 unspecified atom stereocenters. The summed E-state index contributed by atoms with van der Waals surface area (Å²) in [6, 6.07) is 22.0. The molecule has 41 heavy (non-hydrogen) atoms. The van der Waals surface area contributed by atoms with Gasteiger partial charge >= 0.3 is 0 Å². The number of rotatable bonds is 9. The van der Waals surface area contributed by atoms with E-state index in [0.717, 1.165) is 0 Å². The molecule has 0 bridgehead atoms. The van der Waals surface area contributed by atoms with Crippen molar-refractivity contribution in [3.05, 3.63) is 105 Å². The van der Waals surface area contributed by atoms with E-state index in [4.69, 9.17) is 11.5 Å². The number of halogens is 2. The van der Waals surface area contributed by atoms with Gasteiger partial charge in [0, 0.05) is 20.3 Å². The standard InChI is InChI=1S/C29H30Br2N4O4S2/c1-4-34-29(35(2)3,19-13-21(30)17-27(15-19)40(36,37)25-9-5-23(32)6-10-25)20-14-22(31)18-28(16-20)41(38,39)26-11-7-24(33)8-12-26/h5-18,34H,4,32-33H2,1-3H3. The van der Waals surface area contributed by atoms with Gasteiger partial charge in [-0.05, 0) is 117 Å². The lowest BCUT2D eigenvalue weighted by Gasteiger charge is -2.42. The van der Waals surface area contributed by atoms with Crippen molar-refractivity contribution in [1.82, 2.24) is 10.2 Å². The molecule has 4 aromatic rings. The predicted molar refractivity (Wildman–Crippen MR) is 169 cm³/mol. The van der Waals surface area contributed by atoms with Crippen molar-refractivity contribution in [2.24, 2.45) is 0 Å². The van der Waals surface area contributed by atoms with Crippen molar-refractivity contribution in [3.63, 3.8) is 0 Å². The van der Waals surface area contributed by atoms with Gasteiger partial charge in [-0.1, -0.05) is 38.8 Å². The fraction of sp³-hybridized carbons (Fsp3) is 0.172. The van der Waals surface area contributed by atoms with Gasteiger partial charge in [0.1, 0.15) is 5.66 Å². The van der Waals surface area contributed by atoms with Gasteiger partial charge in [-0.15, -0.1) is 0 Å². The summed E-state index contributed by atoms with van der Waals surface area (Å²) in [5.74, 6) is 0. The lowest BCUT2D eigenvalue weighted by molar-refractivity contribution is 0.154. The summed E-state index contributed by atoms with van der Waals surface area (Å²) < 4.78 is 55.8. The number of hydrogen-bond donors (Lipinski definition) is 3. The summed E-state index contributed by atoms with van der Waals surface area (Å²) in [6.45, 7) is 2.41. The Kier molecular flexibility index (Phi) is 9.03. The SMILES string of the molecule is CCNC(c1cc(Br)cc(S(=O)(=O)c2ccc(N)cc2)c1)(c1cc(Br)cc(S(=O)(=O)c2ccc(N)cc2)c1)N(C)C. The van der Waals surface area contributed by atoms with Crippen LogP contribution in [0.5, 0.6) is 0 Å². The quantitative estimate of drug-likeness (QED) is 0.154. The second-order valence-corrected chi connectivity index (χ2v) is 15.4. The van der Waals surface area contributed by atoms with Crippen molar-refractivity contribution in [3.8, 4) is 0 Å². The van der Waals surface area contributed by atoms with E-state index in [0.29, 0.717) is 38.0 Å². The number of hydrogen-bond acceptors (Lipinski definition) is 8. The molecule has 0 aliphatic rings. The van der Waals surface area contributed by atoms with E-state index in [1.165, 1.54) is 24.3 Å². The van der Waals surface area contributed by atoms with Gasteiger partial charge in [-0.2, -0.15) is 0 Å². The molecule has 0 atom stereocenters. The van der Waals surface area contributed by atoms with Crippen LogP contribution in [0.2, 0.25) is 0 Å². The minimum absolute atomic E-state index is 0.0699. The average Bonchev–Trinajstić information content (AvgIpc) is 2.91. The van der Waals surface area contributed by atoms with Crippen LogP contribution < -0.4 is 16.8 Å². The zero-order chi connectivity index (χ0) is 30.2. The van der Waals surface area contributed by atoms with Gasteiger partial charge in [0.15, 0.2) is 0 Å². The minimum Gasteiger partial charge on any atom is -0.399 e. The van der Waals surface area contributed by atoms with Gasteiger partial charge in [-0.25, -0.2) is 16.8 Å². The van der Waals surface area contributed by atoms with Gasteiger partial charge < -0.3 is 11.5 Å². The molecule has 0 saturated carbocycles. The van der Waals surface area contributed by atoms with Crippen LogP contribution in [-0.4, -0.2) is 42.4 Å². The minimum atomic E-state index is -3.91. The third-order valence-corrected chi connectivity index (χ3v) is 11.1. The molecular weight excluding hydrogens is 692 g/mol. The Morgan fingerprint density at radius 2 is 1.02 bits per heavy atom. The second kappa shape index (κ2) is 11.9. The number of anilines is 2. The Labute approximate surface area is 257 Å². The maximum absolute atomic E-state index is 13.7. The van der Waals surface area contributed by atoms with E-state index in [1.54, 1.807) is 48.5 Å². The second-order valence-electron chi connectivity index (χ2n) is 9.63. The summed E-state index contributed by atoms with van der Waals surface area (Å²) in [5, 5.41) is 3.50. The smallest absolute Gasteiger partial charge is 0.206 e. The highest BCUT2D eigenvalue weighted by Gasteiger charge is 2.38. The molecule has 0 fully saturated rings. The molecule has 5 N–H and O–H groups in total. The van der Waals surface area contributed by atoms with Gasteiger partial charge in [-0.3, -0.25) is 10.2 Å². The normalized spacial score (nSPS) is 12.5. The summed E-state index contributed by atoms with van der Waals surface area (Å²) >= 11 is 7.01. The van der Waals surface area contributed by atoms with Crippen molar-refractivity contribution in [1.29, 1.82) is 0 Å². The van der Waals surface area contributed by atoms with Gasteiger partial charge in [0.2, 0.25) is 19.7 Å². The van der Waals surface area contributed by atoms with Gasteiger partial charge in [0.25, 0.3) is 0 Å². The number of sulfone groups is 2. The summed E-state index contributed by atoms with van der Waals surface area (Å²) in [6.07, 6.45) is 0. The molecule has 0 amide bonds. The first-order chi connectivity index (χ1) is 19.2. The lowest BCUT2D eigenvalue weighted by atomic mass is 9.89. The topological polar surface area (TPSA) is 136 Å². The molecular formula is C29H30Br2N4O4S2. The molecule has 216 valence electrons. The first-order valence-corrected chi connectivity index (χ1v) is 17.0. The molecule has 0 aromatic heterocycles. The van der Waals surface area contributed by atoms with E-state index in [2.05, 4.69) is 37.2 Å². The molecule has 0 aliphatic heterocycles. The summed E-state index contributed by atoms with van der Waals surface area (Å²) in [7, 11) is -4.14. The van der Waals surface area contributed by atoms with Crippen LogP contribution in [0.15, 0.2) is 113 Å². The molecule has 12 heteroatoms. The maximum atomic E-state index is 13.7. The van der Waals surface area contributed by atoms with Crippen molar-refractivity contribution >= 4 is 62.9 Å². The monoisotopic (exact) mass is 720 g/mol. The average molecular weight is 723 g/mol. The molecule has 0 aliphatic carbocycles. The lowest BCUT2D eigenvalue weighted by Crippen LogP contribution is -2.54. The van der Waals surface area contributed by atoms with Crippen LogP contribution in [0, 0.1) is 0 Å². The Morgan fingerprint density at radius 3 is 1.34 bits per heavy atom. The highest BCUT2D eigenvalue weighted by atomic mass is 79.9. The number of nitrogens with one attached hydrogen (secondary N) is 1. The molecule has 0 radical (unpaired) electrons. The Hall–Kier alpha value is -2.74. The number of nitrogens with zero attached hydrogens (tertiary/aromatic N) is 1. The summed E-state index contributed by atoms with van der Waals surface area (Å²) in [4.78, 5) is 2.24. The predicted octanol–water partition coefficient (Wildman–Crippen LogP) is 5.41. The van der Waals surface area contributed by atoms with Crippen LogP contribution in [0.1, 0.15) is 18.1 Å². The van der Waals surface area contributed by atoms with Gasteiger partial charge in [0.05, 0.1) is 19.6 Å². The van der Waals surface area contributed by atoms with Crippen LogP contribution >= 0.6 is 31.9 Å². The zero-order valence-electron chi connectivity index (χ0n) is 22.6. The van der Waals surface area contributed by atoms with Crippen LogP contribution in [0.3, 0.4) is 0 Å². The maximum Gasteiger partial charge on any atom is 0.206 e.